The van der Waals surface area contributed by atoms with Crippen LogP contribution in [0.4, 0.5) is 5.69 Å². The van der Waals surface area contributed by atoms with Crippen LogP contribution in [0.2, 0.25) is 5.02 Å². The minimum atomic E-state index is -0.378. The number of thioether (sulfide) groups is 1. The molecule has 1 aliphatic heterocycles. The van der Waals surface area contributed by atoms with Crippen LogP contribution in [0.25, 0.3) is 0 Å². The van der Waals surface area contributed by atoms with Gasteiger partial charge in [0.05, 0.1) is 0 Å². The molecule has 7 heteroatoms. The molecule has 1 aromatic carbocycles. The Labute approximate surface area is 139 Å². The molecule has 1 aliphatic rings. The maximum Gasteiger partial charge on any atom is 0.323 e. The van der Waals surface area contributed by atoms with E-state index in [-0.39, 0.29) is 24.5 Å². The Morgan fingerprint density at radius 3 is 2.82 bits per heavy atom. The van der Waals surface area contributed by atoms with Crippen molar-refractivity contribution < 1.29 is 14.3 Å². The van der Waals surface area contributed by atoms with E-state index in [1.165, 1.54) is 0 Å². The molecule has 1 amide bonds. The third-order valence-corrected chi connectivity index (χ3v) is 4.57. The molecule has 1 heterocycles. The molecular weight excluding hydrogens is 324 g/mol. The summed E-state index contributed by atoms with van der Waals surface area (Å²) in [6.07, 6.45) is 0. The summed E-state index contributed by atoms with van der Waals surface area (Å²) in [6.45, 7) is 3.26. The Bertz CT molecular complexity index is 535. The van der Waals surface area contributed by atoms with E-state index in [4.69, 9.17) is 16.3 Å². The SMILES string of the molecule is C[C@@H](C(=O)OCC(=O)Nc1cccc(Cl)c1)N1CCSCC1. The standard InChI is InChI=1S/C15H19ClN2O3S/c1-11(18-5-7-22-8-6-18)15(20)21-10-14(19)17-13-4-2-3-12(16)9-13/h2-4,9,11H,5-8,10H2,1H3,(H,17,19)/t11-/m0/s1. The second-order valence-corrected chi connectivity index (χ2v) is 6.65. The maximum absolute atomic E-state index is 12.0. The zero-order valence-corrected chi connectivity index (χ0v) is 14.0. The lowest BCUT2D eigenvalue weighted by molar-refractivity contribution is -0.152. The number of nitrogens with one attached hydrogen (secondary N) is 1. The summed E-state index contributed by atoms with van der Waals surface area (Å²) in [5.41, 5.74) is 0.578. The Morgan fingerprint density at radius 1 is 1.41 bits per heavy atom. The average molecular weight is 343 g/mol. The molecule has 0 unspecified atom stereocenters. The van der Waals surface area contributed by atoms with E-state index in [2.05, 4.69) is 10.2 Å². The molecule has 5 nitrogen and oxygen atoms in total. The highest BCUT2D eigenvalue weighted by molar-refractivity contribution is 7.99. The molecule has 1 aromatic rings. The van der Waals surface area contributed by atoms with E-state index in [0.29, 0.717) is 10.7 Å². The van der Waals surface area contributed by atoms with Gasteiger partial charge >= 0.3 is 5.97 Å². The number of ether oxygens (including phenoxy) is 1. The average Bonchev–Trinajstić information content (AvgIpc) is 2.52. The third-order valence-electron chi connectivity index (χ3n) is 3.39. The lowest BCUT2D eigenvalue weighted by Gasteiger charge is -2.30. The first-order valence-electron chi connectivity index (χ1n) is 7.10. The number of carbonyl (C=O) groups excluding carboxylic acids is 2. The number of halogens is 1. The number of amides is 1. The molecule has 0 saturated carbocycles. The Morgan fingerprint density at radius 2 is 2.14 bits per heavy atom. The number of nitrogens with zero attached hydrogens (tertiary/aromatic N) is 1. The highest BCUT2D eigenvalue weighted by Gasteiger charge is 2.24. The summed E-state index contributed by atoms with van der Waals surface area (Å²) in [6, 6.07) is 6.49. The fourth-order valence-corrected chi connectivity index (χ4v) is 3.26. The molecule has 0 bridgehead atoms. The molecule has 0 radical (unpaired) electrons. The number of rotatable bonds is 5. The number of hydrogen-bond donors (Lipinski definition) is 1. The van der Waals surface area contributed by atoms with Crippen LogP contribution in [0.1, 0.15) is 6.92 Å². The van der Waals surface area contributed by atoms with Gasteiger partial charge in [0.15, 0.2) is 6.61 Å². The van der Waals surface area contributed by atoms with E-state index in [1.807, 2.05) is 18.7 Å². The minimum Gasteiger partial charge on any atom is -0.454 e. The maximum atomic E-state index is 12.0. The van der Waals surface area contributed by atoms with Gasteiger partial charge in [-0.2, -0.15) is 11.8 Å². The largest absolute Gasteiger partial charge is 0.454 e. The topological polar surface area (TPSA) is 58.6 Å². The van der Waals surface area contributed by atoms with Crippen LogP contribution >= 0.6 is 23.4 Å². The number of anilines is 1. The molecule has 0 aliphatic carbocycles. The molecule has 1 fully saturated rings. The van der Waals surface area contributed by atoms with Crippen LogP contribution in [-0.2, 0) is 14.3 Å². The van der Waals surface area contributed by atoms with Crippen molar-refractivity contribution in [3.8, 4) is 0 Å². The number of carbonyl (C=O) groups is 2. The van der Waals surface area contributed by atoms with Gasteiger partial charge in [0.2, 0.25) is 0 Å². The summed E-state index contributed by atoms with van der Waals surface area (Å²) in [7, 11) is 0. The van der Waals surface area contributed by atoms with Crippen LogP contribution in [0, 0.1) is 0 Å². The fraction of sp³-hybridized carbons (Fsp3) is 0.467. The van der Waals surface area contributed by atoms with Crippen molar-refractivity contribution >= 4 is 40.9 Å². The van der Waals surface area contributed by atoms with Crippen molar-refractivity contribution in [3.05, 3.63) is 29.3 Å². The normalized spacial score (nSPS) is 16.8. The van der Waals surface area contributed by atoms with Crippen molar-refractivity contribution in [3.63, 3.8) is 0 Å². The Kier molecular flexibility index (Phi) is 6.54. The van der Waals surface area contributed by atoms with Crippen molar-refractivity contribution in [1.82, 2.24) is 4.90 Å². The van der Waals surface area contributed by atoms with E-state index in [9.17, 15) is 9.59 Å². The van der Waals surface area contributed by atoms with E-state index in [1.54, 1.807) is 24.3 Å². The zero-order chi connectivity index (χ0) is 15.9. The van der Waals surface area contributed by atoms with Crippen LogP contribution in [0.15, 0.2) is 24.3 Å². The second kappa shape index (κ2) is 8.41. The highest BCUT2D eigenvalue weighted by Crippen LogP contribution is 2.15. The van der Waals surface area contributed by atoms with Crippen molar-refractivity contribution in [2.75, 3.05) is 36.5 Å². The quantitative estimate of drug-likeness (QED) is 0.832. The van der Waals surface area contributed by atoms with Gasteiger partial charge in [-0.25, -0.2) is 0 Å². The molecule has 120 valence electrons. The predicted molar refractivity (Wildman–Crippen MR) is 89.4 cm³/mol. The molecule has 2 rings (SSSR count). The van der Waals surface area contributed by atoms with Crippen molar-refractivity contribution in [2.45, 2.75) is 13.0 Å². The van der Waals surface area contributed by atoms with Gasteiger partial charge in [-0.15, -0.1) is 0 Å². The molecule has 22 heavy (non-hydrogen) atoms. The zero-order valence-electron chi connectivity index (χ0n) is 12.4. The molecule has 0 spiro atoms. The number of hydrogen-bond acceptors (Lipinski definition) is 5. The van der Waals surface area contributed by atoms with E-state index in [0.717, 1.165) is 24.6 Å². The summed E-state index contributed by atoms with van der Waals surface area (Å²) >= 11 is 7.72. The van der Waals surface area contributed by atoms with Gasteiger partial charge in [0, 0.05) is 35.3 Å². The molecule has 0 aromatic heterocycles. The first-order chi connectivity index (χ1) is 10.6. The van der Waals surface area contributed by atoms with Gasteiger partial charge in [-0.1, -0.05) is 17.7 Å². The summed E-state index contributed by atoms with van der Waals surface area (Å²) in [5.74, 6) is 1.30. The summed E-state index contributed by atoms with van der Waals surface area (Å²) < 4.78 is 5.09. The fourth-order valence-electron chi connectivity index (χ4n) is 2.13. The Balaban J connectivity index is 1.76. The smallest absolute Gasteiger partial charge is 0.323 e. The van der Waals surface area contributed by atoms with Crippen molar-refractivity contribution in [2.24, 2.45) is 0 Å². The van der Waals surface area contributed by atoms with Crippen molar-refractivity contribution in [1.29, 1.82) is 0 Å². The molecular formula is C15H19ClN2O3S. The summed E-state index contributed by atoms with van der Waals surface area (Å²) in [5, 5.41) is 3.17. The van der Waals surface area contributed by atoms with Gasteiger partial charge in [-0.05, 0) is 25.1 Å². The van der Waals surface area contributed by atoms with E-state index < -0.39 is 0 Å². The van der Waals surface area contributed by atoms with Crippen LogP contribution in [0.3, 0.4) is 0 Å². The second-order valence-electron chi connectivity index (χ2n) is 4.99. The lowest BCUT2D eigenvalue weighted by atomic mass is 10.3. The number of benzene rings is 1. The van der Waals surface area contributed by atoms with Gasteiger partial charge in [0.1, 0.15) is 6.04 Å². The van der Waals surface area contributed by atoms with E-state index >= 15 is 0 Å². The summed E-state index contributed by atoms with van der Waals surface area (Å²) in [4.78, 5) is 25.8. The molecule has 1 atom stereocenters. The minimum absolute atomic E-state index is 0.293. The lowest BCUT2D eigenvalue weighted by Crippen LogP contribution is -2.45. The highest BCUT2D eigenvalue weighted by atomic mass is 35.5. The predicted octanol–water partition coefficient (Wildman–Crippen LogP) is 2.26. The monoisotopic (exact) mass is 342 g/mol. The third kappa shape index (κ3) is 5.19. The Hall–Kier alpha value is -1.24. The van der Waals surface area contributed by atoms with Crippen LogP contribution in [-0.4, -0.2) is 54.0 Å². The molecule has 1 N–H and O–H groups in total. The van der Waals surface area contributed by atoms with Crippen LogP contribution in [0.5, 0.6) is 0 Å². The first kappa shape index (κ1) is 17.1. The first-order valence-corrected chi connectivity index (χ1v) is 8.63. The van der Waals surface area contributed by atoms with Gasteiger partial charge < -0.3 is 10.1 Å². The molecule has 1 saturated heterocycles. The van der Waals surface area contributed by atoms with Gasteiger partial charge in [-0.3, -0.25) is 14.5 Å². The van der Waals surface area contributed by atoms with Gasteiger partial charge in [0.25, 0.3) is 5.91 Å². The number of esters is 1. The van der Waals surface area contributed by atoms with Crippen LogP contribution < -0.4 is 5.32 Å².